The van der Waals surface area contributed by atoms with Gasteiger partial charge in [0.25, 0.3) is 5.91 Å². The largest absolute Gasteiger partial charge is 0.339 e. The van der Waals surface area contributed by atoms with Crippen LogP contribution in [0.15, 0.2) is 41.6 Å². The lowest BCUT2D eigenvalue weighted by Crippen LogP contribution is -2.52. The highest BCUT2D eigenvalue weighted by Crippen LogP contribution is 2.30. The number of carbonyl (C=O) groups excluding carboxylic acids is 2. The second kappa shape index (κ2) is 11.4. The molecule has 2 amide bonds. The van der Waals surface area contributed by atoms with Gasteiger partial charge in [0.15, 0.2) is 0 Å². The third-order valence-corrected chi connectivity index (χ3v) is 6.68. The summed E-state index contributed by atoms with van der Waals surface area (Å²) in [7, 11) is 0. The van der Waals surface area contributed by atoms with Gasteiger partial charge in [0.05, 0.1) is 5.70 Å². The van der Waals surface area contributed by atoms with Crippen molar-refractivity contribution in [2.45, 2.75) is 66.2 Å². The number of hydrogen-bond donors (Lipinski definition) is 2. The summed E-state index contributed by atoms with van der Waals surface area (Å²) >= 11 is 0. The van der Waals surface area contributed by atoms with Crippen LogP contribution in [0.4, 0.5) is 0 Å². The fraction of sp³-hybridized carbons (Fsp3) is 0.556. The van der Waals surface area contributed by atoms with Crippen LogP contribution in [-0.2, 0) is 9.59 Å². The molecular formula is C27H40N4O2. The van der Waals surface area contributed by atoms with E-state index in [0.717, 1.165) is 24.1 Å². The molecule has 0 bridgehead atoms. The summed E-state index contributed by atoms with van der Waals surface area (Å²) in [5.41, 5.74) is 11.7. The number of rotatable bonds is 8. The number of benzene rings is 1. The smallest absolute Gasteiger partial charge is 0.272 e. The van der Waals surface area contributed by atoms with Gasteiger partial charge in [0.1, 0.15) is 5.70 Å². The summed E-state index contributed by atoms with van der Waals surface area (Å²) in [4.78, 5) is 28.8. The van der Waals surface area contributed by atoms with E-state index in [1.807, 2.05) is 4.90 Å². The topological polar surface area (TPSA) is 64.7 Å². The first-order valence-electron chi connectivity index (χ1n) is 12.4. The molecule has 0 aliphatic carbocycles. The van der Waals surface area contributed by atoms with Crippen LogP contribution in [0.5, 0.6) is 0 Å². The Morgan fingerprint density at radius 2 is 1.67 bits per heavy atom. The van der Waals surface area contributed by atoms with Crippen molar-refractivity contribution in [2.24, 2.45) is 5.92 Å². The molecule has 0 spiro atoms. The molecule has 1 aromatic rings. The molecule has 2 aliphatic heterocycles. The number of nitrogens with one attached hydrogen (secondary N) is 2. The molecule has 33 heavy (non-hydrogen) atoms. The Bertz CT molecular complexity index is 910. The number of carbonyl (C=O) groups is 2. The summed E-state index contributed by atoms with van der Waals surface area (Å²) in [5, 5.41) is 0. The van der Waals surface area contributed by atoms with Gasteiger partial charge in [-0.1, -0.05) is 71.2 Å². The van der Waals surface area contributed by atoms with Gasteiger partial charge < -0.3 is 15.2 Å². The number of nitrogens with zero attached hydrogens (tertiary/aromatic N) is 2. The molecule has 2 N–H and O–H groups in total. The number of hydrazine groups is 1. The zero-order valence-electron chi connectivity index (χ0n) is 20.9. The molecular weight excluding hydrogens is 412 g/mol. The van der Waals surface area contributed by atoms with E-state index in [-0.39, 0.29) is 11.8 Å². The second-order valence-corrected chi connectivity index (χ2v) is 9.70. The molecule has 2 heterocycles. The van der Waals surface area contributed by atoms with Gasteiger partial charge in [0.2, 0.25) is 5.91 Å². The second-order valence-electron chi connectivity index (χ2n) is 9.70. The fourth-order valence-electron chi connectivity index (χ4n) is 4.65. The van der Waals surface area contributed by atoms with E-state index in [0.29, 0.717) is 43.7 Å². The van der Waals surface area contributed by atoms with E-state index in [4.69, 9.17) is 0 Å². The number of amides is 2. The molecule has 1 fully saturated rings. The average molecular weight is 453 g/mol. The molecule has 1 unspecified atom stereocenters. The first kappa shape index (κ1) is 24.9. The maximum atomic E-state index is 13.5. The minimum absolute atomic E-state index is 0.0100. The van der Waals surface area contributed by atoms with Gasteiger partial charge in [-0.15, -0.1) is 0 Å². The summed E-state index contributed by atoms with van der Waals surface area (Å²) in [6.07, 6.45) is 6.55. The Morgan fingerprint density at radius 1 is 1.00 bits per heavy atom. The van der Waals surface area contributed by atoms with Gasteiger partial charge in [0, 0.05) is 38.7 Å². The van der Waals surface area contributed by atoms with Crippen molar-refractivity contribution in [2.75, 3.05) is 26.2 Å². The summed E-state index contributed by atoms with van der Waals surface area (Å²) in [6.45, 7) is 12.8. The molecule has 0 saturated carbocycles. The molecule has 6 nitrogen and oxygen atoms in total. The van der Waals surface area contributed by atoms with Gasteiger partial charge in [-0.05, 0) is 35.5 Å². The van der Waals surface area contributed by atoms with Crippen LogP contribution in [0.2, 0.25) is 0 Å². The van der Waals surface area contributed by atoms with Crippen LogP contribution in [0.3, 0.4) is 0 Å². The highest BCUT2D eigenvalue weighted by molar-refractivity contribution is 5.95. The van der Waals surface area contributed by atoms with E-state index in [2.05, 4.69) is 68.9 Å². The lowest BCUT2D eigenvalue weighted by atomic mass is 9.90. The van der Waals surface area contributed by atoms with E-state index in [9.17, 15) is 9.59 Å². The van der Waals surface area contributed by atoms with E-state index in [1.165, 1.54) is 24.0 Å². The molecule has 0 radical (unpaired) electrons. The highest BCUT2D eigenvalue weighted by atomic mass is 16.2. The van der Waals surface area contributed by atoms with Crippen molar-refractivity contribution in [3.8, 4) is 0 Å². The Kier molecular flexibility index (Phi) is 8.59. The molecule has 1 atom stereocenters. The molecule has 180 valence electrons. The van der Waals surface area contributed by atoms with Crippen molar-refractivity contribution in [1.82, 2.24) is 20.7 Å². The van der Waals surface area contributed by atoms with Crippen molar-refractivity contribution < 1.29 is 9.59 Å². The van der Waals surface area contributed by atoms with E-state index in [1.54, 1.807) is 11.8 Å². The standard InChI is InChI=1S/C27H40N4O2/c1-6-7-10-20(4)17-22-18-25(24-12-9-8-11-23(24)19(2)3)28-29-26(22)27(33)31-15-13-30(14-16-31)21(5)32/h8-9,11-12,18-20,28-29H,6-7,10,13-17H2,1-5H3. The summed E-state index contributed by atoms with van der Waals surface area (Å²) in [5.74, 6) is 0.979. The number of allylic oxidation sites excluding steroid dienone is 2. The van der Waals surface area contributed by atoms with E-state index < -0.39 is 0 Å². The first-order valence-corrected chi connectivity index (χ1v) is 12.4. The minimum Gasteiger partial charge on any atom is -0.339 e. The Hall–Kier alpha value is -2.76. The van der Waals surface area contributed by atoms with Crippen LogP contribution in [0.1, 0.15) is 77.3 Å². The van der Waals surface area contributed by atoms with Crippen molar-refractivity contribution in [3.05, 3.63) is 52.7 Å². The maximum absolute atomic E-state index is 13.5. The Balaban J connectivity index is 1.90. The summed E-state index contributed by atoms with van der Waals surface area (Å²) in [6, 6.07) is 8.45. The van der Waals surface area contributed by atoms with Gasteiger partial charge in [-0.3, -0.25) is 15.0 Å². The zero-order chi connectivity index (χ0) is 24.0. The van der Waals surface area contributed by atoms with Crippen molar-refractivity contribution >= 4 is 17.5 Å². The third kappa shape index (κ3) is 6.18. The summed E-state index contributed by atoms with van der Waals surface area (Å²) < 4.78 is 0. The van der Waals surface area contributed by atoms with Crippen molar-refractivity contribution in [1.29, 1.82) is 0 Å². The lowest BCUT2D eigenvalue weighted by molar-refractivity contribution is -0.136. The molecule has 3 rings (SSSR count). The van der Waals surface area contributed by atoms with Crippen LogP contribution in [-0.4, -0.2) is 47.8 Å². The van der Waals surface area contributed by atoms with Gasteiger partial charge in [-0.2, -0.15) is 0 Å². The van der Waals surface area contributed by atoms with Gasteiger partial charge in [-0.25, -0.2) is 0 Å². The monoisotopic (exact) mass is 452 g/mol. The van der Waals surface area contributed by atoms with Crippen LogP contribution >= 0.6 is 0 Å². The normalized spacial score (nSPS) is 17.5. The molecule has 1 saturated heterocycles. The minimum atomic E-state index is 0.0100. The third-order valence-electron chi connectivity index (χ3n) is 6.68. The maximum Gasteiger partial charge on any atom is 0.272 e. The van der Waals surface area contributed by atoms with Crippen molar-refractivity contribution in [3.63, 3.8) is 0 Å². The predicted molar refractivity (Wildman–Crippen MR) is 134 cm³/mol. The molecule has 6 heteroatoms. The lowest BCUT2D eigenvalue weighted by Gasteiger charge is -2.36. The number of piperazine rings is 1. The Morgan fingerprint density at radius 3 is 2.30 bits per heavy atom. The Labute approximate surface area is 199 Å². The quantitative estimate of drug-likeness (QED) is 0.613. The van der Waals surface area contributed by atoms with E-state index >= 15 is 0 Å². The van der Waals surface area contributed by atoms with Gasteiger partial charge >= 0.3 is 0 Å². The SMILES string of the molecule is CCCCC(C)CC1=C(C(=O)N2CCN(C(C)=O)CC2)NNC(c2ccccc2C(C)C)=C1. The fourth-order valence-corrected chi connectivity index (χ4v) is 4.65. The molecule has 2 aliphatic rings. The predicted octanol–water partition coefficient (Wildman–Crippen LogP) is 4.42. The zero-order valence-corrected chi connectivity index (χ0v) is 20.9. The molecule has 1 aromatic carbocycles. The number of hydrogen-bond acceptors (Lipinski definition) is 4. The highest BCUT2D eigenvalue weighted by Gasteiger charge is 2.28. The van der Waals surface area contributed by atoms with Crippen LogP contribution in [0.25, 0.3) is 5.70 Å². The van der Waals surface area contributed by atoms with Crippen LogP contribution < -0.4 is 10.9 Å². The first-order chi connectivity index (χ1) is 15.8. The number of unbranched alkanes of at least 4 members (excludes halogenated alkanes) is 1. The molecule has 0 aromatic heterocycles. The van der Waals surface area contributed by atoms with Crippen LogP contribution in [0, 0.1) is 5.92 Å². The average Bonchev–Trinajstić information content (AvgIpc) is 2.82.